The Morgan fingerprint density at radius 3 is 2.21 bits per heavy atom. The minimum atomic E-state index is 1.20. The van der Waals surface area contributed by atoms with Crippen LogP contribution in [0.25, 0.3) is 49.3 Å². The Morgan fingerprint density at radius 1 is 0.607 bits per heavy atom. The quantitative estimate of drug-likeness (QED) is 0.307. The van der Waals surface area contributed by atoms with Gasteiger partial charge < -0.3 is 9.13 Å². The van der Waals surface area contributed by atoms with E-state index in [1.165, 1.54) is 54.9 Å². The maximum Gasteiger partial charge on any atom is 0.0641 e. The zero-order chi connectivity index (χ0) is 18.8. The van der Waals surface area contributed by atoms with Gasteiger partial charge >= 0.3 is 0 Å². The number of fused-ring (bicyclic) bond motifs is 7. The molecule has 0 saturated carbocycles. The molecule has 0 atom stereocenters. The van der Waals surface area contributed by atoms with Gasteiger partial charge in [-0.3, -0.25) is 0 Å². The largest absolute Gasteiger partial charge is 0.344 e. The van der Waals surface area contributed by atoms with Crippen molar-refractivity contribution in [2.24, 2.45) is 7.05 Å². The van der Waals surface area contributed by atoms with E-state index >= 15 is 0 Å². The number of aromatic nitrogens is 2. The van der Waals surface area contributed by atoms with Gasteiger partial charge in [0.05, 0.1) is 16.6 Å². The van der Waals surface area contributed by atoms with Gasteiger partial charge in [-0.2, -0.15) is 0 Å². The van der Waals surface area contributed by atoms with E-state index < -0.39 is 0 Å². The van der Waals surface area contributed by atoms with Crippen LogP contribution in [0.4, 0.5) is 0 Å². The summed E-state index contributed by atoms with van der Waals surface area (Å²) >= 11 is 0. The summed E-state index contributed by atoms with van der Waals surface area (Å²) in [5.41, 5.74) is 7.58. The van der Waals surface area contributed by atoms with Crippen LogP contribution in [0.1, 0.15) is 5.56 Å². The van der Waals surface area contributed by atoms with E-state index in [2.05, 4.69) is 108 Å². The average Bonchev–Trinajstić information content (AvgIpc) is 3.21. The molecule has 6 rings (SSSR count). The summed E-state index contributed by atoms with van der Waals surface area (Å²) < 4.78 is 4.74. The SMILES string of the molecule is Cc1ccc2c3ccc4c(c5ccccc5n4C)c3n(-c3ccccc3)c2c1. The highest BCUT2D eigenvalue weighted by Crippen LogP contribution is 2.40. The van der Waals surface area contributed by atoms with Crippen LogP contribution in [-0.4, -0.2) is 9.13 Å². The number of benzene rings is 4. The molecular formula is C26H20N2. The molecule has 0 aliphatic heterocycles. The maximum absolute atomic E-state index is 2.44. The van der Waals surface area contributed by atoms with Crippen LogP contribution in [-0.2, 0) is 7.05 Å². The number of aryl methyl sites for hydroxylation is 2. The van der Waals surface area contributed by atoms with E-state index in [0.717, 1.165) is 0 Å². The lowest BCUT2D eigenvalue weighted by molar-refractivity contribution is 1.01. The molecule has 0 unspecified atom stereocenters. The Morgan fingerprint density at radius 2 is 1.36 bits per heavy atom. The van der Waals surface area contributed by atoms with Crippen molar-refractivity contribution < 1.29 is 0 Å². The van der Waals surface area contributed by atoms with Gasteiger partial charge in [-0.25, -0.2) is 0 Å². The lowest BCUT2D eigenvalue weighted by Crippen LogP contribution is -1.94. The smallest absolute Gasteiger partial charge is 0.0641 e. The highest BCUT2D eigenvalue weighted by atomic mass is 15.0. The lowest BCUT2D eigenvalue weighted by Gasteiger charge is -2.09. The van der Waals surface area contributed by atoms with Crippen LogP contribution in [0.5, 0.6) is 0 Å². The van der Waals surface area contributed by atoms with Gasteiger partial charge in [0, 0.05) is 39.8 Å². The van der Waals surface area contributed by atoms with Gasteiger partial charge in [0.15, 0.2) is 0 Å². The van der Waals surface area contributed by atoms with E-state index in [9.17, 15) is 0 Å². The first-order valence-electron chi connectivity index (χ1n) is 9.70. The molecule has 0 amide bonds. The van der Waals surface area contributed by atoms with Crippen LogP contribution in [0.3, 0.4) is 0 Å². The van der Waals surface area contributed by atoms with Crippen LogP contribution in [0, 0.1) is 6.92 Å². The van der Waals surface area contributed by atoms with Crippen LogP contribution >= 0.6 is 0 Å². The van der Waals surface area contributed by atoms with E-state index in [1.54, 1.807) is 0 Å². The van der Waals surface area contributed by atoms with Crippen molar-refractivity contribution in [2.75, 3.05) is 0 Å². The summed E-state index contributed by atoms with van der Waals surface area (Å²) in [5, 5.41) is 5.25. The van der Waals surface area contributed by atoms with Gasteiger partial charge in [0.1, 0.15) is 0 Å². The van der Waals surface area contributed by atoms with Crippen molar-refractivity contribution >= 4 is 43.6 Å². The van der Waals surface area contributed by atoms with Crippen LogP contribution in [0.2, 0.25) is 0 Å². The van der Waals surface area contributed by atoms with Gasteiger partial charge in [-0.05, 0) is 42.8 Å². The Hall–Kier alpha value is -3.52. The zero-order valence-corrected chi connectivity index (χ0v) is 16.0. The molecule has 28 heavy (non-hydrogen) atoms. The molecule has 2 heteroatoms. The third-order valence-electron chi connectivity index (χ3n) is 5.97. The fourth-order valence-corrected chi connectivity index (χ4v) is 4.70. The summed E-state index contributed by atoms with van der Waals surface area (Å²) in [6.45, 7) is 2.17. The van der Waals surface area contributed by atoms with Gasteiger partial charge in [-0.1, -0.05) is 54.6 Å². The first-order chi connectivity index (χ1) is 13.7. The second-order valence-corrected chi connectivity index (χ2v) is 7.62. The third-order valence-corrected chi connectivity index (χ3v) is 5.97. The molecule has 0 spiro atoms. The molecule has 2 aromatic heterocycles. The Bertz CT molecular complexity index is 1510. The molecule has 2 heterocycles. The monoisotopic (exact) mass is 360 g/mol. The minimum absolute atomic E-state index is 1.20. The molecule has 0 bridgehead atoms. The van der Waals surface area contributed by atoms with Crippen LogP contribution in [0.15, 0.2) is 84.9 Å². The number of para-hydroxylation sites is 2. The molecule has 0 aliphatic rings. The summed E-state index contributed by atoms with van der Waals surface area (Å²) in [7, 11) is 2.16. The van der Waals surface area contributed by atoms with E-state index in [4.69, 9.17) is 0 Å². The zero-order valence-electron chi connectivity index (χ0n) is 16.0. The highest BCUT2D eigenvalue weighted by molar-refractivity contribution is 6.25. The number of rotatable bonds is 1. The number of nitrogens with zero attached hydrogens (tertiary/aromatic N) is 2. The summed E-state index contributed by atoms with van der Waals surface area (Å²) in [4.78, 5) is 0. The molecule has 6 aromatic rings. The Labute approximate surface area is 163 Å². The molecule has 0 aliphatic carbocycles. The van der Waals surface area contributed by atoms with Gasteiger partial charge in [0.25, 0.3) is 0 Å². The topological polar surface area (TPSA) is 9.86 Å². The van der Waals surface area contributed by atoms with Gasteiger partial charge in [0.2, 0.25) is 0 Å². The van der Waals surface area contributed by atoms with Crippen molar-refractivity contribution in [3.63, 3.8) is 0 Å². The molecule has 0 N–H and O–H groups in total. The summed E-state index contributed by atoms with van der Waals surface area (Å²) in [6, 6.07) is 30.8. The number of hydrogen-bond acceptors (Lipinski definition) is 0. The summed E-state index contributed by atoms with van der Waals surface area (Å²) in [5.74, 6) is 0. The Balaban J connectivity index is 1.97. The summed E-state index contributed by atoms with van der Waals surface area (Å²) in [6.07, 6.45) is 0. The maximum atomic E-state index is 2.44. The highest BCUT2D eigenvalue weighted by Gasteiger charge is 2.18. The molecule has 4 aromatic carbocycles. The molecule has 0 saturated heterocycles. The second kappa shape index (κ2) is 5.49. The first kappa shape index (κ1) is 15.5. The lowest BCUT2D eigenvalue weighted by atomic mass is 10.1. The van der Waals surface area contributed by atoms with E-state index in [-0.39, 0.29) is 0 Å². The van der Waals surface area contributed by atoms with Crippen molar-refractivity contribution in [3.05, 3.63) is 90.5 Å². The third kappa shape index (κ3) is 1.92. The van der Waals surface area contributed by atoms with Crippen LogP contribution < -0.4 is 0 Å². The van der Waals surface area contributed by atoms with Crippen molar-refractivity contribution in [2.45, 2.75) is 6.92 Å². The van der Waals surface area contributed by atoms with E-state index in [0.29, 0.717) is 0 Å². The van der Waals surface area contributed by atoms with Crippen molar-refractivity contribution in [1.82, 2.24) is 9.13 Å². The molecule has 0 fully saturated rings. The standard InChI is InChI=1S/C26H20N2/c1-17-12-13-19-20-14-15-23-25(21-10-6-7-11-22(21)27(23)2)26(20)28(24(19)16-17)18-8-4-3-5-9-18/h3-16H,1-2H3. The molecule has 134 valence electrons. The minimum Gasteiger partial charge on any atom is -0.344 e. The van der Waals surface area contributed by atoms with Crippen molar-refractivity contribution in [1.29, 1.82) is 0 Å². The fourth-order valence-electron chi connectivity index (χ4n) is 4.70. The molecule has 2 nitrogen and oxygen atoms in total. The Kier molecular flexibility index (Phi) is 3.05. The second-order valence-electron chi connectivity index (χ2n) is 7.62. The van der Waals surface area contributed by atoms with E-state index in [1.807, 2.05) is 0 Å². The normalized spacial score (nSPS) is 11.9. The average molecular weight is 360 g/mol. The first-order valence-corrected chi connectivity index (χ1v) is 9.70. The fraction of sp³-hybridized carbons (Fsp3) is 0.0769. The number of hydrogen-bond donors (Lipinski definition) is 0. The van der Waals surface area contributed by atoms with Gasteiger partial charge in [-0.15, -0.1) is 0 Å². The molecular weight excluding hydrogens is 340 g/mol. The predicted molar refractivity (Wildman–Crippen MR) is 120 cm³/mol. The molecule has 0 radical (unpaired) electrons. The van der Waals surface area contributed by atoms with Crippen molar-refractivity contribution in [3.8, 4) is 5.69 Å². The predicted octanol–water partition coefficient (Wildman–Crippen LogP) is 6.74.